The van der Waals surface area contributed by atoms with E-state index in [4.69, 9.17) is 14.2 Å². The third kappa shape index (κ3) is 6.06. The Hall–Kier alpha value is -2.58. The smallest absolute Gasteiger partial charge is 0.116 e. The van der Waals surface area contributed by atoms with E-state index in [1.165, 1.54) is 0 Å². The van der Waals surface area contributed by atoms with Crippen molar-refractivity contribution in [2.45, 2.75) is 56.4 Å². The Morgan fingerprint density at radius 3 is 1.06 bits per heavy atom. The lowest BCUT2D eigenvalue weighted by Crippen LogP contribution is -2.65. The predicted molar refractivity (Wildman–Crippen MR) is 123 cm³/mol. The molecule has 6 heteroatoms. The third-order valence-electron chi connectivity index (χ3n) is 5.88. The van der Waals surface area contributed by atoms with Gasteiger partial charge in [-0.25, -0.2) is 0 Å². The molecule has 0 aliphatic heterocycles. The summed E-state index contributed by atoms with van der Waals surface area (Å²) in [5, 5.41) is 32.1. The van der Waals surface area contributed by atoms with Crippen LogP contribution in [0.2, 0.25) is 0 Å². The molecule has 1 fully saturated rings. The fraction of sp³-hybridized carbons (Fsp3) is 0.333. The van der Waals surface area contributed by atoms with E-state index in [0.717, 1.165) is 16.7 Å². The van der Waals surface area contributed by atoms with Crippen molar-refractivity contribution in [2.24, 2.45) is 0 Å². The van der Waals surface area contributed by atoms with Gasteiger partial charge in [0.2, 0.25) is 0 Å². The molecule has 3 aromatic rings. The summed E-state index contributed by atoms with van der Waals surface area (Å²) < 4.78 is 18.3. The van der Waals surface area contributed by atoms with Crippen molar-refractivity contribution in [2.75, 3.05) is 0 Å². The maximum atomic E-state index is 10.8. The van der Waals surface area contributed by atoms with Gasteiger partial charge in [-0.2, -0.15) is 0 Å². The second kappa shape index (κ2) is 11.5. The van der Waals surface area contributed by atoms with Crippen molar-refractivity contribution >= 4 is 0 Å². The van der Waals surface area contributed by atoms with E-state index in [1.807, 2.05) is 91.0 Å². The highest BCUT2D eigenvalue weighted by molar-refractivity contribution is 5.16. The summed E-state index contributed by atoms with van der Waals surface area (Å²) in [7, 11) is 0. The minimum absolute atomic E-state index is 0.224. The van der Waals surface area contributed by atoms with Gasteiger partial charge in [0.25, 0.3) is 0 Å². The molecule has 0 radical (unpaired) electrons. The van der Waals surface area contributed by atoms with E-state index in [0.29, 0.717) is 0 Å². The van der Waals surface area contributed by atoms with Gasteiger partial charge in [-0.15, -0.1) is 0 Å². The largest absolute Gasteiger partial charge is 0.387 e. The molecule has 0 heterocycles. The Morgan fingerprint density at radius 1 is 0.424 bits per heavy atom. The summed E-state index contributed by atoms with van der Waals surface area (Å²) in [5.41, 5.74) is 2.79. The van der Waals surface area contributed by atoms with Gasteiger partial charge in [0.1, 0.15) is 36.6 Å². The summed E-state index contributed by atoms with van der Waals surface area (Å²) >= 11 is 0. The van der Waals surface area contributed by atoms with Gasteiger partial charge in [-0.3, -0.25) is 0 Å². The Kier molecular flexibility index (Phi) is 8.23. The summed E-state index contributed by atoms with van der Waals surface area (Å²) in [6, 6.07) is 28.8. The molecule has 0 aromatic heterocycles. The van der Waals surface area contributed by atoms with Gasteiger partial charge in [0, 0.05) is 0 Å². The molecule has 6 nitrogen and oxygen atoms in total. The molecule has 0 amide bonds. The number of ether oxygens (including phenoxy) is 3. The normalized spacial score (nSPS) is 27.4. The number of benzene rings is 3. The van der Waals surface area contributed by atoms with Crippen LogP contribution in [-0.2, 0) is 34.0 Å². The quantitative estimate of drug-likeness (QED) is 0.465. The molecule has 174 valence electrons. The average molecular weight is 451 g/mol. The van der Waals surface area contributed by atoms with Crippen molar-refractivity contribution in [3.8, 4) is 0 Å². The molecule has 4 atom stereocenters. The van der Waals surface area contributed by atoms with E-state index in [-0.39, 0.29) is 19.8 Å². The third-order valence-corrected chi connectivity index (χ3v) is 5.88. The molecule has 0 saturated heterocycles. The van der Waals surface area contributed by atoms with Gasteiger partial charge < -0.3 is 29.5 Å². The Bertz CT molecular complexity index is 895. The van der Waals surface area contributed by atoms with Crippen LogP contribution < -0.4 is 0 Å². The molecule has 1 saturated carbocycles. The van der Waals surface area contributed by atoms with Crippen LogP contribution in [0.4, 0.5) is 0 Å². The molecule has 0 unspecified atom stereocenters. The molecular weight excluding hydrogens is 420 g/mol. The zero-order valence-electron chi connectivity index (χ0n) is 18.3. The first-order chi connectivity index (χ1) is 16.1. The molecule has 1 aliphatic carbocycles. The van der Waals surface area contributed by atoms with Crippen LogP contribution in [0.25, 0.3) is 0 Å². The van der Waals surface area contributed by atoms with Gasteiger partial charge in [0.15, 0.2) is 0 Å². The summed E-state index contributed by atoms with van der Waals surface area (Å²) in [5.74, 6) is 0. The van der Waals surface area contributed by atoms with Crippen molar-refractivity contribution in [3.63, 3.8) is 0 Å². The molecule has 4 rings (SSSR count). The number of aliphatic hydroxyl groups is 3. The molecule has 0 bridgehead atoms. The van der Waals surface area contributed by atoms with Crippen LogP contribution in [0, 0.1) is 0 Å². The van der Waals surface area contributed by atoms with Crippen molar-refractivity contribution in [3.05, 3.63) is 108 Å². The summed E-state index contributed by atoms with van der Waals surface area (Å²) in [4.78, 5) is 0. The SMILES string of the molecule is OC1[C@H](O)[C@H](OCc2ccccc2)C(OCc2ccccc2)[C@@H](OCc2ccccc2)[C@H]1O. The van der Waals surface area contributed by atoms with Crippen LogP contribution in [0.3, 0.4) is 0 Å². The first-order valence-electron chi connectivity index (χ1n) is 11.1. The molecule has 3 aromatic carbocycles. The predicted octanol–water partition coefficient (Wildman–Crippen LogP) is 2.84. The second-order valence-corrected chi connectivity index (χ2v) is 8.26. The standard InChI is InChI=1S/C27H30O6/c28-22-23(29)25(31-16-19-10-4-1-5-11-19)27(33-18-21-14-8-3-9-15-21)26(24(22)30)32-17-20-12-6-2-7-13-20/h1-15,22-30H,16-18H2/t22?,23-,24-,25-,26-,27?/m0/s1. The zero-order valence-corrected chi connectivity index (χ0v) is 18.3. The van der Waals surface area contributed by atoms with Crippen LogP contribution in [0.1, 0.15) is 16.7 Å². The number of aliphatic hydroxyl groups excluding tert-OH is 3. The Morgan fingerprint density at radius 2 is 0.727 bits per heavy atom. The highest BCUT2D eigenvalue weighted by atomic mass is 16.6. The van der Waals surface area contributed by atoms with E-state index >= 15 is 0 Å². The van der Waals surface area contributed by atoms with Crippen LogP contribution in [0.5, 0.6) is 0 Å². The van der Waals surface area contributed by atoms with E-state index in [9.17, 15) is 15.3 Å². The van der Waals surface area contributed by atoms with Crippen molar-refractivity contribution in [1.82, 2.24) is 0 Å². The van der Waals surface area contributed by atoms with Gasteiger partial charge in [-0.1, -0.05) is 91.0 Å². The van der Waals surface area contributed by atoms with Crippen LogP contribution >= 0.6 is 0 Å². The first-order valence-corrected chi connectivity index (χ1v) is 11.1. The number of hydrogen-bond donors (Lipinski definition) is 3. The highest BCUT2D eigenvalue weighted by Gasteiger charge is 2.51. The zero-order chi connectivity index (χ0) is 23.0. The van der Waals surface area contributed by atoms with Gasteiger partial charge in [0.05, 0.1) is 19.8 Å². The Balaban J connectivity index is 1.54. The lowest BCUT2D eigenvalue weighted by molar-refractivity contribution is -0.263. The molecule has 3 N–H and O–H groups in total. The van der Waals surface area contributed by atoms with E-state index < -0.39 is 36.6 Å². The van der Waals surface area contributed by atoms with Gasteiger partial charge in [-0.05, 0) is 16.7 Å². The molecule has 1 aliphatic rings. The summed E-state index contributed by atoms with van der Waals surface area (Å²) in [6.45, 7) is 0.696. The maximum Gasteiger partial charge on any atom is 0.116 e. The summed E-state index contributed by atoms with van der Waals surface area (Å²) in [6.07, 6.45) is -6.68. The number of hydrogen-bond acceptors (Lipinski definition) is 6. The number of rotatable bonds is 9. The highest BCUT2D eigenvalue weighted by Crippen LogP contribution is 2.30. The van der Waals surface area contributed by atoms with Crippen molar-refractivity contribution in [1.29, 1.82) is 0 Å². The van der Waals surface area contributed by atoms with Crippen LogP contribution in [0.15, 0.2) is 91.0 Å². The van der Waals surface area contributed by atoms with Crippen LogP contribution in [-0.4, -0.2) is 51.9 Å². The first kappa shape index (κ1) is 23.6. The lowest BCUT2D eigenvalue weighted by atomic mass is 9.84. The fourth-order valence-electron chi connectivity index (χ4n) is 4.04. The molecule has 33 heavy (non-hydrogen) atoms. The van der Waals surface area contributed by atoms with Crippen molar-refractivity contribution < 1.29 is 29.5 Å². The monoisotopic (exact) mass is 450 g/mol. The molecular formula is C27H30O6. The Labute approximate surface area is 194 Å². The van der Waals surface area contributed by atoms with E-state index in [1.54, 1.807) is 0 Å². The second-order valence-electron chi connectivity index (χ2n) is 8.26. The van der Waals surface area contributed by atoms with Gasteiger partial charge >= 0.3 is 0 Å². The lowest BCUT2D eigenvalue weighted by Gasteiger charge is -2.45. The van der Waals surface area contributed by atoms with E-state index in [2.05, 4.69) is 0 Å². The maximum absolute atomic E-state index is 10.8. The average Bonchev–Trinajstić information content (AvgIpc) is 2.87. The minimum Gasteiger partial charge on any atom is -0.387 e. The minimum atomic E-state index is -1.43. The molecule has 0 spiro atoms. The fourth-order valence-corrected chi connectivity index (χ4v) is 4.04. The topological polar surface area (TPSA) is 88.4 Å².